The first kappa shape index (κ1) is 23.2. The van der Waals surface area contributed by atoms with Gasteiger partial charge >= 0.3 is 0 Å². The van der Waals surface area contributed by atoms with E-state index in [1.165, 1.54) is 11.8 Å². The van der Waals surface area contributed by atoms with Crippen LogP contribution in [0.3, 0.4) is 0 Å². The first-order valence-corrected chi connectivity index (χ1v) is 12.6. The van der Waals surface area contributed by atoms with Crippen molar-refractivity contribution in [1.29, 1.82) is 0 Å². The molecule has 2 aliphatic heterocycles. The summed E-state index contributed by atoms with van der Waals surface area (Å²) < 4.78 is 7.83. The van der Waals surface area contributed by atoms with Gasteiger partial charge < -0.3 is 20.5 Å². The maximum atomic E-state index is 10.0. The Bertz CT molecular complexity index is 1200. The number of hydrogen-bond acceptors (Lipinski definition) is 7. The van der Waals surface area contributed by atoms with E-state index in [1.807, 2.05) is 23.5 Å². The van der Waals surface area contributed by atoms with Crippen LogP contribution in [0.5, 0.6) is 0 Å². The number of aliphatic hydroxyl groups excluding tert-OH is 1. The molecule has 0 saturated carbocycles. The fourth-order valence-corrected chi connectivity index (χ4v) is 6.39. The fourth-order valence-electron chi connectivity index (χ4n) is 4.92. The number of aliphatic hydroxyl groups is 1. The van der Waals surface area contributed by atoms with Gasteiger partial charge in [-0.2, -0.15) is 0 Å². The minimum atomic E-state index is -0.130. The van der Waals surface area contributed by atoms with E-state index >= 15 is 0 Å². The summed E-state index contributed by atoms with van der Waals surface area (Å²) in [5.41, 5.74) is 8.82. The predicted octanol–water partition coefficient (Wildman–Crippen LogP) is 4.32. The van der Waals surface area contributed by atoms with E-state index in [-0.39, 0.29) is 24.2 Å². The zero-order valence-electron chi connectivity index (χ0n) is 18.6. The first-order chi connectivity index (χ1) is 15.8. The molecule has 1 aromatic carbocycles. The molecule has 2 saturated heterocycles. The van der Waals surface area contributed by atoms with Crippen molar-refractivity contribution in [2.24, 2.45) is 11.1 Å². The molecule has 2 aliphatic rings. The van der Waals surface area contributed by atoms with Crippen LogP contribution in [0.25, 0.3) is 5.65 Å². The van der Waals surface area contributed by atoms with Crippen LogP contribution in [0.15, 0.2) is 34.2 Å². The Balaban J connectivity index is 1.51. The number of fused-ring (bicyclic) bond motifs is 1. The van der Waals surface area contributed by atoms with Crippen LogP contribution < -0.4 is 10.6 Å². The van der Waals surface area contributed by atoms with Gasteiger partial charge in [-0.25, -0.2) is 9.97 Å². The van der Waals surface area contributed by atoms with Gasteiger partial charge in [-0.05, 0) is 38.8 Å². The molecule has 2 atom stereocenters. The first-order valence-electron chi connectivity index (χ1n) is 11.1. The van der Waals surface area contributed by atoms with Crippen molar-refractivity contribution in [2.75, 3.05) is 24.6 Å². The van der Waals surface area contributed by atoms with Crippen LogP contribution in [0.2, 0.25) is 10.0 Å². The molecular weight excluding hydrogens is 481 g/mol. The fraction of sp³-hybridized carbons (Fsp3) is 0.478. The molecule has 4 heterocycles. The third-order valence-corrected chi connectivity index (χ3v) is 9.19. The minimum Gasteiger partial charge on any atom is -0.390 e. The summed E-state index contributed by atoms with van der Waals surface area (Å²) in [6, 6.07) is 5.62. The van der Waals surface area contributed by atoms with E-state index in [2.05, 4.69) is 16.8 Å². The van der Waals surface area contributed by atoms with Crippen molar-refractivity contribution in [2.45, 2.75) is 55.2 Å². The molecule has 5 rings (SSSR count). The van der Waals surface area contributed by atoms with Crippen molar-refractivity contribution >= 4 is 46.6 Å². The van der Waals surface area contributed by atoms with E-state index in [0.717, 1.165) is 53.0 Å². The lowest BCUT2D eigenvalue weighted by molar-refractivity contribution is 0.0973. The zero-order chi connectivity index (χ0) is 23.3. The average Bonchev–Trinajstić information content (AvgIpc) is 3.36. The molecule has 0 radical (unpaired) electrons. The summed E-state index contributed by atoms with van der Waals surface area (Å²) in [5.74, 6) is 0.793. The Hall–Kier alpha value is -1.55. The lowest BCUT2D eigenvalue weighted by Gasteiger charge is -2.41. The van der Waals surface area contributed by atoms with E-state index in [1.54, 1.807) is 12.3 Å². The summed E-state index contributed by atoms with van der Waals surface area (Å²) >= 11 is 14.2. The SMILES string of the molecule is Cc1nc(N2CCC3(CC2)COC(C)C3N)n2c(CO)cnc2c1Sc1cccc(Cl)c1Cl. The topological polar surface area (TPSA) is 88.9 Å². The minimum absolute atomic E-state index is 0.0257. The number of nitrogens with two attached hydrogens (primary N) is 1. The van der Waals surface area contributed by atoms with Crippen LogP contribution in [-0.4, -0.2) is 51.3 Å². The number of aryl methyl sites for hydroxylation is 1. The van der Waals surface area contributed by atoms with Gasteiger partial charge in [-0.3, -0.25) is 4.40 Å². The van der Waals surface area contributed by atoms with Gasteiger partial charge in [0.25, 0.3) is 0 Å². The van der Waals surface area contributed by atoms with Crippen molar-refractivity contribution in [3.63, 3.8) is 0 Å². The highest BCUT2D eigenvalue weighted by Gasteiger charge is 2.47. The summed E-state index contributed by atoms with van der Waals surface area (Å²) in [4.78, 5) is 13.6. The maximum Gasteiger partial charge on any atom is 0.211 e. The third kappa shape index (κ3) is 3.90. The second-order valence-electron chi connectivity index (χ2n) is 8.94. The molecule has 0 bridgehead atoms. The smallest absolute Gasteiger partial charge is 0.211 e. The van der Waals surface area contributed by atoms with Crippen molar-refractivity contribution in [3.8, 4) is 0 Å². The molecule has 2 unspecified atom stereocenters. The van der Waals surface area contributed by atoms with Crippen molar-refractivity contribution < 1.29 is 9.84 Å². The van der Waals surface area contributed by atoms with E-state index in [0.29, 0.717) is 22.3 Å². The van der Waals surface area contributed by atoms with Gasteiger partial charge in [-0.15, -0.1) is 0 Å². The number of halogens is 2. The average molecular weight is 508 g/mol. The van der Waals surface area contributed by atoms with Gasteiger partial charge in [-0.1, -0.05) is 41.0 Å². The molecule has 1 spiro atoms. The zero-order valence-corrected chi connectivity index (χ0v) is 20.9. The number of rotatable bonds is 4. The largest absolute Gasteiger partial charge is 0.390 e. The molecule has 33 heavy (non-hydrogen) atoms. The molecule has 2 aromatic heterocycles. The van der Waals surface area contributed by atoms with Gasteiger partial charge in [0, 0.05) is 29.4 Å². The highest BCUT2D eigenvalue weighted by atomic mass is 35.5. The molecule has 7 nitrogen and oxygen atoms in total. The summed E-state index contributed by atoms with van der Waals surface area (Å²) in [5, 5.41) is 11.0. The van der Waals surface area contributed by atoms with E-state index in [4.69, 9.17) is 38.7 Å². The number of aromatic nitrogens is 3. The Morgan fingerprint density at radius 2 is 2.06 bits per heavy atom. The number of nitrogens with zero attached hydrogens (tertiary/aromatic N) is 4. The predicted molar refractivity (Wildman–Crippen MR) is 132 cm³/mol. The Morgan fingerprint density at radius 3 is 2.73 bits per heavy atom. The van der Waals surface area contributed by atoms with Crippen LogP contribution in [0.1, 0.15) is 31.2 Å². The third-order valence-electron chi connectivity index (χ3n) is 7.01. The normalized spacial score (nSPS) is 22.5. The van der Waals surface area contributed by atoms with E-state index < -0.39 is 0 Å². The Kier molecular flexibility index (Phi) is 6.26. The molecule has 176 valence electrons. The van der Waals surface area contributed by atoms with E-state index in [9.17, 15) is 5.11 Å². The monoisotopic (exact) mass is 507 g/mol. The summed E-state index contributed by atoms with van der Waals surface area (Å²) in [6.45, 7) is 6.26. The van der Waals surface area contributed by atoms with Crippen molar-refractivity contribution in [3.05, 3.63) is 45.8 Å². The number of hydrogen-bond donors (Lipinski definition) is 2. The molecule has 0 aliphatic carbocycles. The highest BCUT2D eigenvalue weighted by Crippen LogP contribution is 2.43. The lowest BCUT2D eigenvalue weighted by Crippen LogP contribution is -2.51. The van der Waals surface area contributed by atoms with Crippen molar-refractivity contribution in [1.82, 2.24) is 14.4 Å². The number of benzene rings is 1. The number of imidazole rings is 1. The second-order valence-corrected chi connectivity index (χ2v) is 10.8. The van der Waals surface area contributed by atoms with Crippen LogP contribution >= 0.6 is 35.0 Å². The molecule has 3 aromatic rings. The van der Waals surface area contributed by atoms with Crippen LogP contribution in [0, 0.1) is 12.3 Å². The Labute approximate surface area is 207 Å². The van der Waals surface area contributed by atoms with Gasteiger partial charge in [0.05, 0.1) is 51.8 Å². The second kappa shape index (κ2) is 8.91. The van der Waals surface area contributed by atoms with Crippen LogP contribution in [-0.2, 0) is 11.3 Å². The molecule has 3 N–H and O–H groups in total. The summed E-state index contributed by atoms with van der Waals surface area (Å²) in [7, 11) is 0. The summed E-state index contributed by atoms with van der Waals surface area (Å²) in [6.07, 6.45) is 3.68. The molecule has 0 amide bonds. The van der Waals surface area contributed by atoms with Gasteiger partial charge in [0.2, 0.25) is 5.95 Å². The molecule has 10 heteroatoms. The quantitative estimate of drug-likeness (QED) is 0.543. The molecule has 2 fully saturated rings. The highest BCUT2D eigenvalue weighted by molar-refractivity contribution is 7.99. The molecular formula is C23H27Cl2N5O2S. The maximum absolute atomic E-state index is 10.0. The van der Waals surface area contributed by atoms with Crippen LogP contribution in [0.4, 0.5) is 5.95 Å². The number of ether oxygens (including phenoxy) is 1. The Morgan fingerprint density at radius 1 is 1.30 bits per heavy atom. The van der Waals surface area contributed by atoms with Gasteiger partial charge in [0.1, 0.15) is 0 Å². The standard InChI is InChI=1S/C23H27Cl2N5O2S/c1-13-19(33-17-5-3-4-16(24)18(17)25)21-27-10-15(11-31)30(21)22(28-13)29-8-6-23(7-9-29)12-32-14(2)20(23)26/h3-5,10,14,20,31H,6-9,11-12,26H2,1-2H3. The number of piperidine rings is 1. The lowest BCUT2D eigenvalue weighted by atomic mass is 9.73. The number of anilines is 1. The van der Waals surface area contributed by atoms with Gasteiger partial charge in [0.15, 0.2) is 5.65 Å².